The van der Waals surface area contributed by atoms with Crippen LogP contribution in [0.5, 0.6) is 0 Å². The highest BCUT2D eigenvalue weighted by Gasteiger charge is 2.07. The van der Waals surface area contributed by atoms with Gasteiger partial charge in [-0.05, 0) is 46.3 Å². The molecule has 0 unspecified atom stereocenters. The number of halogens is 1. The number of aromatic amines is 1. The second-order valence-electron chi connectivity index (χ2n) is 5.32. The fourth-order valence-electron chi connectivity index (χ4n) is 2.37. The molecular weight excluding hydrogens is 382 g/mol. The van der Waals surface area contributed by atoms with Gasteiger partial charge in [0, 0.05) is 18.1 Å². The molecule has 1 aromatic carbocycles. The Balaban J connectivity index is 1.52. The average molecular weight is 396 g/mol. The predicted molar refractivity (Wildman–Crippen MR) is 101 cm³/mol. The van der Waals surface area contributed by atoms with Crippen LogP contribution in [0.2, 0.25) is 0 Å². The van der Waals surface area contributed by atoms with Crippen molar-refractivity contribution in [1.82, 2.24) is 24.9 Å². The second-order valence-corrected chi connectivity index (χ2v) is 6.18. The van der Waals surface area contributed by atoms with E-state index in [-0.39, 0.29) is 0 Å². The maximum absolute atomic E-state index is 4.52. The van der Waals surface area contributed by atoms with E-state index in [0.29, 0.717) is 18.3 Å². The molecule has 4 aromatic rings. The molecule has 0 aliphatic carbocycles. The van der Waals surface area contributed by atoms with Crippen molar-refractivity contribution in [3.05, 3.63) is 65.3 Å². The molecule has 0 aliphatic heterocycles. The van der Waals surface area contributed by atoms with Crippen LogP contribution in [-0.4, -0.2) is 24.9 Å². The summed E-state index contributed by atoms with van der Waals surface area (Å²) in [5.74, 6) is 1.20. The van der Waals surface area contributed by atoms with Crippen molar-refractivity contribution < 1.29 is 0 Å². The van der Waals surface area contributed by atoms with Gasteiger partial charge in [-0.15, -0.1) is 0 Å². The summed E-state index contributed by atoms with van der Waals surface area (Å²) in [5, 5.41) is 6.47. The molecule has 0 saturated heterocycles. The molecule has 4 rings (SSSR count). The summed E-state index contributed by atoms with van der Waals surface area (Å²) in [4.78, 5) is 20.4. The summed E-state index contributed by atoms with van der Waals surface area (Å²) in [5.41, 5.74) is 3.69. The number of benzene rings is 1. The molecule has 0 amide bonds. The van der Waals surface area contributed by atoms with Gasteiger partial charge in [0.2, 0.25) is 5.95 Å². The maximum atomic E-state index is 4.52. The Morgan fingerprint density at radius 1 is 1.08 bits per heavy atom. The monoisotopic (exact) mass is 395 g/mol. The van der Waals surface area contributed by atoms with E-state index in [1.165, 1.54) is 0 Å². The first-order chi connectivity index (χ1) is 12.3. The Morgan fingerprint density at radius 3 is 2.92 bits per heavy atom. The van der Waals surface area contributed by atoms with Crippen molar-refractivity contribution >= 4 is 44.4 Å². The number of hydrogen-bond acceptors (Lipinski definition) is 6. The molecule has 124 valence electrons. The van der Waals surface area contributed by atoms with Gasteiger partial charge in [0.25, 0.3) is 0 Å². The molecular formula is C17H14BrN7. The zero-order valence-electron chi connectivity index (χ0n) is 13.1. The van der Waals surface area contributed by atoms with E-state index in [0.717, 1.165) is 26.9 Å². The Bertz CT molecular complexity index is 1000. The summed E-state index contributed by atoms with van der Waals surface area (Å²) in [6.07, 6.45) is 5.15. The van der Waals surface area contributed by atoms with Crippen molar-refractivity contribution in [2.24, 2.45) is 0 Å². The fourth-order valence-corrected chi connectivity index (χ4v) is 2.70. The number of fused-ring (bicyclic) bond motifs is 1. The Morgan fingerprint density at radius 2 is 2.04 bits per heavy atom. The molecule has 7 nitrogen and oxygen atoms in total. The van der Waals surface area contributed by atoms with Crippen molar-refractivity contribution in [3.8, 4) is 0 Å². The molecule has 3 heterocycles. The number of H-pyrrole nitrogens is 1. The van der Waals surface area contributed by atoms with Gasteiger partial charge in [0.15, 0.2) is 0 Å². The molecule has 8 heteroatoms. The number of nitrogens with one attached hydrogen (secondary N) is 3. The van der Waals surface area contributed by atoms with E-state index in [4.69, 9.17) is 0 Å². The smallest absolute Gasteiger partial charge is 0.229 e. The van der Waals surface area contributed by atoms with Crippen LogP contribution in [-0.2, 0) is 6.54 Å². The average Bonchev–Trinajstić information content (AvgIpc) is 3.11. The largest absolute Gasteiger partial charge is 0.363 e. The molecule has 3 aromatic heterocycles. The lowest BCUT2D eigenvalue weighted by atomic mass is 10.3. The lowest BCUT2D eigenvalue weighted by Gasteiger charge is -2.10. The third-order valence-electron chi connectivity index (χ3n) is 3.58. The van der Waals surface area contributed by atoms with Crippen LogP contribution in [0.25, 0.3) is 11.0 Å². The highest BCUT2D eigenvalue weighted by atomic mass is 79.9. The minimum Gasteiger partial charge on any atom is -0.363 e. The Labute approximate surface area is 152 Å². The Kier molecular flexibility index (Phi) is 4.26. The molecule has 0 atom stereocenters. The molecule has 25 heavy (non-hydrogen) atoms. The number of pyridine rings is 1. The van der Waals surface area contributed by atoms with Crippen LogP contribution in [0.4, 0.5) is 17.5 Å². The second kappa shape index (κ2) is 6.86. The van der Waals surface area contributed by atoms with E-state index in [1.807, 2.05) is 36.4 Å². The van der Waals surface area contributed by atoms with E-state index in [1.54, 1.807) is 18.7 Å². The van der Waals surface area contributed by atoms with Gasteiger partial charge >= 0.3 is 0 Å². The van der Waals surface area contributed by atoms with Crippen molar-refractivity contribution in [3.63, 3.8) is 0 Å². The summed E-state index contributed by atoms with van der Waals surface area (Å²) in [7, 11) is 0. The zero-order chi connectivity index (χ0) is 17.1. The fraction of sp³-hybridized carbons (Fsp3) is 0.0588. The van der Waals surface area contributed by atoms with E-state index >= 15 is 0 Å². The summed E-state index contributed by atoms with van der Waals surface area (Å²) in [6.45, 7) is 0.579. The van der Waals surface area contributed by atoms with Gasteiger partial charge in [-0.25, -0.2) is 9.97 Å². The first-order valence-electron chi connectivity index (χ1n) is 7.64. The van der Waals surface area contributed by atoms with Crippen LogP contribution < -0.4 is 10.6 Å². The molecule has 0 radical (unpaired) electrons. The number of hydrogen-bond donors (Lipinski definition) is 3. The topological polar surface area (TPSA) is 91.4 Å². The predicted octanol–water partition coefficient (Wildman–Crippen LogP) is 3.87. The maximum Gasteiger partial charge on any atom is 0.229 e. The van der Waals surface area contributed by atoms with Gasteiger partial charge in [0.05, 0.1) is 34.1 Å². The third kappa shape index (κ3) is 3.58. The van der Waals surface area contributed by atoms with Crippen molar-refractivity contribution in [2.75, 3.05) is 10.6 Å². The van der Waals surface area contributed by atoms with E-state index in [2.05, 4.69) is 51.5 Å². The number of anilines is 3. The highest BCUT2D eigenvalue weighted by molar-refractivity contribution is 9.10. The van der Waals surface area contributed by atoms with Gasteiger partial charge in [-0.2, -0.15) is 4.98 Å². The van der Waals surface area contributed by atoms with Crippen molar-refractivity contribution in [2.45, 2.75) is 6.54 Å². The van der Waals surface area contributed by atoms with Crippen LogP contribution in [0.15, 0.2) is 59.6 Å². The first kappa shape index (κ1) is 15.5. The third-order valence-corrected chi connectivity index (χ3v) is 4.16. The van der Waals surface area contributed by atoms with Crippen LogP contribution in [0.1, 0.15) is 5.69 Å². The molecule has 0 fully saturated rings. The lowest BCUT2D eigenvalue weighted by Crippen LogP contribution is -2.06. The van der Waals surface area contributed by atoms with Crippen LogP contribution in [0.3, 0.4) is 0 Å². The molecule has 0 bridgehead atoms. The molecule has 0 spiro atoms. The minimum atomic E-state index is 0.505. The van der Waals surface area contributed by atoms with E-state index in [9.17, 15) is 0 Å². The number of nitrogens with zero attached hydrogens (tertiary/aromatic N) is 4. The normalized spacial score (nSPS) is 10.8. The highest BCUT2D eigenvalue weighted by Crippen LogP contribution is 2.23. The zero-order valence-corrected chi connectivity index (χ0v) is 14.7. The van der Waals surface area contributed by atoms with Crippen LogP contribution in [0, 0.1) is 0 Å². The quantitative estimate of drug-likeness (QED) is 0.475. The first-order valence-corrected chi connectivity index (χ1v) is 8.44. The number of rotatable bonds is 5. The Hall–Kier alpha value is -3.00. The van der Waals surface area contributed by atoms with Crippen molar-refractivity contribution in [1.29, 1.82) is 0 Å². The van der Waals surface area contributed by atoms with Gasteiger partial charge in [-0.1, -0.05) is 6.07 Å². The standard InChI is InChI=1S/C17H14BrN7/c18-13-9-21-17(24-11-4-5-14-15(7-11)23-10-22-14)25-16(13)20-8-12-3-1-2-6-19-12/h1-7,9-10H,8H2,(H,22,23)(H2,20,21,24,25). The number of aromatic nitrogens is 5. The summed E-state index contributed by atoms with van der Waals surface area (Å²) in [6, 6.07) is 11.7. The van der Waals surface area contributed by atoms with Gasteiger partial charge in [0.1, 0.15) is 5.82 Å². The summed E-state index contributed by atoms with van der Waals surface area (Å²) >= 11 is 3.47. The molecule has 3 N–H and O–H groups in total. The SMILES string of the molecule is Brc1cnc(Nc2ccc3nc[nH]c3c2)nc1NCc1ccccn1. The van der Waals surface area contributed by atoms with Gasteiger partial charge in [-0.3, -0.25) is 4.98 Å². The van der Waals surface area contributed by atoms with Gasteiger partial charge < -0.3 is 15.6 Å². The minimum absolute atomic E-state index is 0.505. The number of imidazole rings is 1. The summed E-state index contributed by atoms with van der Waals surface area (Å²) < 4.78 is 0.790. The molecule has 0 aliphatic rings. The van der Waals surface area contributed by atoms with E-state index < -0.39 is 0 Å². The molecule has 0 saturated carbocycles. The lowest BCUT2D eigenvalue weighted by molar-refractivity contribution is 1.02. The van der Waals surface area contributed by atoms with Crippen LogP contribution >= 0.6 is 15.9 Å².